The molecule has 0 bridgehead atoms. The largest absolute Gasteiger partial charge is 0.493 e. The summed E-state index contributed by atoms with van der Waals surface area (Å²) in [6, 6.07) is 12.0. The van der Waals surface area contributed by atoms with Gasteiger partial charge in [-0.1, -0.05) is 28.1 Å². The van der Waals surface area contributed by atoms with Gasteiger partial charge in [0.1, 0.15) is 11.1 Å². The Hall–Kier alpha value is -2.86. The first kappa shape index (κ1) is 17.9. The molecule has 0 spiro atoms. The highest BCUT2D eigenvalue weighted by Gasteiger charge is 2.12. The molecule has 132 valence electrons. The minimum Gasteiger partial charge on any atom is -0.493 e. The first-order valence-corrected chi connectivity index (χ1v) is 8.49. The average molecular weight is 415 g/mol. The molecule has 26 heavy (non-hydrogen) atoms. The fourth-order valence-corrected chi connectivity index (χ4v) is 2.86. The maximum atomic E-state index is 12.4. The van der Waals surface area contributed by atoms with Crippen LogP contribution in [-0.4, -0.2) is 20.0 Å². The zero-order valence-electron chi connectivity index (χ0n) is 14.1. The molecule has 0 unspecified atom stereocenters. The van der Waals surface area contributed by atoms with Gasteiger partial charge in [0.15, 0.2) is 17.3 Å². The number of methoxy groups -OCH3 is 2. The molecule has 2 aromatic carbocycles. The lowest BCUT2D eigenvalue weighted by Crippen LogP contribution is -2.11. The van der Waals surface area contributed by atoms with E-state index < -0.39 is 11.4 Å². The van der Waals surface area contributed by atoms with Gasteiger partial charge in [0.2, 0.25) is 0 Å². The number of ether oxygens (including phenoxy) is 2. The highest BCUT2D eigenvalue weighted by atomic mass is 79.9. The second kappa shape index (κ2) is 7.58. The van der Waals surface area contributed by atoms with Gasteiger partial charge >= 0.3 is 5.63 Å². The van der Waals surface area contributed by atoms with Crippen molar-refractivity contribution in [1.82, 2.24) is 0 Å². The van der Waals surface area contributed by atoms with Gasteiger partial charge in [0, 0.05) is 9.86 Å². The van der Waals surface area contributed by atoms with Crippen molar-refractivity contribution >= 4 is 38.8 Å². The molecule has 0 aliphatic carbocycles. The van der Waals surface area contributed by atoms with Crippen LogP contribution in [0.15, 0.2) is 62.2 Å². The molecule has 0 aliphatic rings. The van der Waals surface area contributed by atoms with Crippen LogP contribution in [0.25, 0.3) is 17.0 Å². The topological polar surface area (TPSA) is 65.7 Å². The van der Waals surface area contributed by atoms with Crippen LogP contribution in [0.4, 0.5) is 0 Å². The SMILES string of the molecule is COc1ccc(/C=C/C(=O)c2cc3cc(Br)ccc3oc2=O)cc1OC. The number of ketones is 1. The first-order valence-electron chi connectivity index (χ1n) is 7.69. The number of halogens is 1. The van der Waals surface area contributed by atoms with E-state index in [-0.39, 0.29) is 5.56 Å². The van der Waals surface area contributed by atoms with Crippen LogP contribution in [0.1, 0.15) is 15.9 Å². The molecule has 0 saturated heterocycles. The highest BCUT2D eigenvalue weighted by Crippen LogP contribution is 2.28. The lowest BCUT2D eigenvalue weighted by Gasteiger charge is -2.07. The fraction of sp³-hybridized carbons (Fsp3) is 0.100. The van der Waals surface area contributed by atoms with Crippen molar-refractivity contribution in [3.8, 4) is 11.5 Å². The van der Waals surface area contributed by atoms with Gasteiger partial charge in [-0.3, -0.25) is 4.79 Å². The Morgan fingerprint density at radius 3 is 2.54 bits per heavy atom. The van der Waals surface area contributed by atoms with Crippen LogP contribution in [0.3, 0.4) is 0 Å². The van der Waals surface area contributed by atoms with E-state index in [1.165, 1.54) is 19.3 Å². The Balaban J connectivity index is 1.92. The quantitative estimate of drug-likeness (QED) is 0.350. The van der Waals surface area contributed by atoms with E-state index in [4.69, 9.17) is 13.9 Å². The van der Waals surface area contributed by atoms with Crippen LogP contribution >= 0.6 is 15.9 Å². The molecule has 0 amide bonds. The molecule has 3 aromatic rings. The molecular weight excluding hydrogens is 400 g/mol. The van der Waals surface area contributed by atoms with Crippen molar-refractivity contribution in [2.45, 2.75) is 0 Å². The van der Waals surface area contributed by atoms with Crippen molar-refractivity contribution in [2.24, 2.45) is 0 Å². The van der Waals surface area contributed by atoms with Crippen molar-refractivity contribution in [2.75, 3.05) is 14.2 Å². The number of rotatable bonds is 5. The molecule has 5 nitrogen and oxygen atoms in total. The van der Waals surface area contributed by atoms with E-state index in [0.29, 0.717) is 22.5 Å². The molecule has 0 N–H and O–H groups in total. The zero-order chi connectivity index (χ0) is 18.7. The van der Waals surface area contributed by atoms with E-state index in [2.05, 4.69) is 15.9 Å². The summed E-state index contributed by atoms with van der Waals surface area (Å²) >= 11 is 3.36. The second-order valence-corrected chi connectivity index (χ2v) is 6.36. The number of carbonyl (C=O) groups excluding carboxylic acids is 1. The van der Waals surface area contributed by atoms with Crippen LogP contribution in [0, 0.1) is 0 Å². The van der Waals surface area contributed by atoms with Gasteiger partial charge in [0.05, 0.1) is 14.2 Å². The molecule has 1 aromatic heterocycles. The number of hydrogen-bond acceptors (Lipinski definition) is 5. The summed E-state index contributed by atoms with van der Waals surface area (Å²) in [5.74, 6) is 0.712. The summed E-state index contributed by atoms with van der Waals surface area (Å²) in [6.45, 7) is 0. The summed E-state index contributed by atoms with van der Waals surface area (Å²) < 4.78 is 16.5. The molecular formula is C20H15BrO5. The summed E-state index contributed by atoms with van der Waals surface area (Å²) in [6.07, 6.45) is 2.94. The highest BCUT2D eigenvalue weighted by molar-refractivity contribution is 9.10. The maximum absolute atomic E-state index is 12.4. The van der Waals surface area contributed by atoms with E-state index in [1.54, 1.807) is 49.6 Å². The molecule has 1 heterocycles. The van der Waals surface area contributed by atoms with Gasteiger partial charge in [-0.15, -0.1) is 0 Å². The predicted octanol–water partition coefficient (Wildman–Crippen LogP) is 4.47. The van der Waals surface area contributed by atoms with Crippen molar-refractivity contribution < 1.29 is 18.7 Å². The number of fused-ring (bicyclic) bond motifs is 1. The van der Waals surface area contributed by atoms with Crippen LogP contribution < -0.4 is 15.1 Å². The summed E-state index contributed by atoms with van der Waals surface area (Å²) in [5, 5.41) is 0.668. The van der Waals surface area contributed by atoms with E-state index in [9.17, 15) is 9.59 Å². The van der Waals surface area contributed by atoms with Crippen LogP contribution in [0.5, 0.6) is 11.5 Å². The Morgan fingerprint density at radius 2 is 1.81 bits per heavy atom. The van der Waals surface area contributed by atoms with Crippen molar-refractivity contribution in [3.63, 3.8) is 0 Å². The zero-order valence-corrected chi connectivity index (χ0v) is 15.7. The van der Waals surface area contributed by atoms with Gasteiger partial charge in [-0.25, -0.2) is 4.79 Å². The van der Waals surface area contributed by atoms with Gasteiger partial charge in [0.25, 0.3) is 0 Å². The standard InChI is InChI=1S/C20H15BrO5/c1-24-18-7-4-12(9-19(18)25-2)3-6-16(22)15-11-13-10-14(21)5-8-17(13)26-20(15)23/h3-11H,1-2H3/b6-3+. The Bertz CT molecular complexity index is 1070. The second-order valence-electron chi connectivity index (χ2n) is 5.44. The lowest BCUT2D eigenvalue weighted by atomic mass is 10.1. The third-order valence-electron chi connectivity index (χ3n) is 3.79. The molecule has 3 rings (SSSR count). The summed E-state index contributed by atoms with van der Waals surface area (Å²) in [5.41, 5.74) is 0.483. The van der Waals surface area contributed by atoms with Gasteiger partial charge in [-0.05, 0) is 48.0 Å². The van der Waals surface area contributed by atoms with Crippen LogP contribution in [0.2, 0.25) is 0 Å². The maximum Gasteiger partial charge on any atom is 0.347 e. The normalized spacial score (nSPS) is 11.0. The molecule has 0 fully saturated rings. The number of hydrogen-bond donors (Lipinski definition) is 0. The Kier molecular flexibility index (Phi) is 5.23. The molecule has 0 saturated carbocycles. The minimum atomic E-state index is -0.665. The number of allylic oxidation sites excluding steroid dienone is 1. The molecule has 6 heteroatoms. The number of carbonyl (C=O) groups is 1. The van der Waals surface area contributed by atoms with Gasteiger partial charge < -0.3 is 13.9 Å². The van der Waals surface area contributed by atoms with Gasteiger partial charge in [-0.2, -0.15) is 0 Å². The Morgan fingerprint density at radius 1 is 1.04 bits per heavy atom. The average Bonchev–Trinajstić information content (AvgIpc) is 2.65. The smallest absolute Gasteiger partial charge is 0.347 e. The monoisotopic (exact) mass is 414 g/mol. The third kappa shape index (κ3) is 3.70. The first-order chi connectivity index (χ1) is 12.5. The third-order valence-corrected chi connectivity index (χ3v) is 4.29. The lowest BCUT2D eigenvalue weighted by molar-refractivity contribution is 0.104. The minimum absolute atomic E-state index is 0.0210. The van der Waals surface area contributed by atoms with E-state index in [1.807, 2.05) is 0 Å². The van der Waals surface area contributed by atoms with E-state index in [0.717, 1.165) is 10.0 Å². The molecule has 0 radical (unpaired) electrons. The van der Waals surface area contributed by atoms with Crippen LogP contribution in [-0.2, 0) is 0 Å². The van der Waals surface area contributed by atoms with Crippen molar-refractivity contribution in [1.29, 1.82) is 0 Å². The summed E-state index contributed by atoms with van der Waals surface area (Å²) in [7, 11) is 3.09. The molecule has 0 atom stereocenters. The number of benzene rings is 2. The predicted molar refractivity (Wildman–Crippen MR) is 103 cm³/mol. The summed E-state index contributed by atoms with van der Waals surface area (Å²) in [4.78, 5) is 24.5. The Labute approximate surface area is 158 Å². The fourth-order valence-electron chi connectivity index (χ4n) is 2.48. The van der Waals surface area contributed by atoms with E-state index >= 15 is 0 Å². The molecule has 0 aliphatic heterocycles. The van der Waals surface area contributed by atoms with Crippen molar-refractivity contribution in [3.05, 3.63) is 74.6 Å².